The highest BCUT2D eigenvalue weighted by Crippen LogP contribution is 2.32. The fraction of sp³-hybridized carbons (Fsp3) is 0.591. The Bertz CT molecular complexity index is 621. The molecule has 4 nitrogen and oxygen atoms in total. The minimum atomic E-state index is 0.0984. The SMILES string of the molecule is CN(C)Cc1ccc(C2CCCN2C(=O)NCCC2=CCCCC2)cc1. The third-order valence-corrected chi connectivity index (χ3v) is 5.48. The number of allylic oxidation sites excluding steroid dienone is 1. The molecule has 1 saturated heterocycles. The highest BCUT2D eigenvalue weighted by atomic mass is 16.2. The van der Waals surface area contributed by atoms with E-state index < -0.39 is 0 Å². The Morgan fingerprint density at radius 2 is 2.00 bits per heavy atom. The Morgan fingerprint density at radius 3 is 2.69 bits per heavy atom. The number of carbonyl (C=O) groups excluding carboxylic acids is 1. The second kappa shape index (κ2) is 9.22. The first-order valence-corrected chi connectivity index (χ1v) is 10.1. The molecule has 0 radical (unpaired) electrons. The number of carbonyl (C=O) groups is 1. The Hall–Kier alpha value is -1.81. The highest BCUT2D eigenvalue weighted by Gasteiger charge is 2.29. The van der Waals surface area contributed by atoms with Crippen molar-refractivity contribution in [2.45, 2.75) is 57.5 Å². The number of benzene rings is 1. The third-order valence-electron chi connectivity index (χ3n) is 5.48. The molecule has 3 rings (SSSR count). The summed E-state index contributed by atoms with van der Waals surface area (Å²) in [4.78, 5) is 16.9. The fourth-order valence-electron chi connectivity index (χ4n) is 4.13. The molecule has 0 spiro atoms. The van der Waals surface area contributed by atoms with Gasteiger partial charge in [0.25, 0.3) is 0 Å². The molecule has 1 aromatic rings. The van der Waals surface area contributed by atoms with Crippen LogP contribution in [0.15, 0.2) is 35.9 Å². The molecule has 0 bridgehead atoms. The molecule has 0 saturated carbocycles. The monoisotopic (exact) mass is 355 g/mol. The van der Waals surface area contributed by atoms with E-state index in [0.29, 0.717) is 0 Å². The van der Waals surface area contributed by atoms with Crippen LogP contribution in [0.5, 0.6) is 0 Å². The van der Waals surface area contributed by atoms with Gasteiger partial charge in [-0.15, -0.1) is 0 Å². The van der Waals surface area contributed by atoms with Gasteiger partial charge in [-0.2, -0.15) is 0 Å². The zero-order valence-electron chi connectivity index (χ0n) is 16.3. The van der Waals surface area contributed by atoms with E-state index in [1.165, 1.54) is 42.4 Å². The zero-order valence-corrected chi connectivity index (χ0v) is 16.3. The molecule has 1 atom stereocenters. The quantitative estimate of drug-likeness (QED) is 0.764. The van der Waals surface area contributed by atoms with Crippen LogP contribution in [0.25, 0.3) is 0 Å². The highest BCUT2D eigenvalue weighted by molar-refractivity contribution is 5.75. The molecule has 1 aromatic carbocycles. The van der Waals surface area contributed by atoms with Crippen molar-refractivity contribution in [3.8, 4) is 0 Å². The summed E-state index contributed by atoms with van der Waals surface area (Å²) >= 11 is 0. The lowest BCUT2D eigenvalue weighted by Gasteiger charge is -2.26. The molecule has 2 amide bonds. The van der Waals surface area contributed by atoms with Crippen molar-refractivity contribution in [3.63, 3.8) is 0 Å². The summed E-state index contributed by atoms with van der Waals surface area (Å²) in [6.45, 7) is 2.57. The first-order chi connectivity index (χ1) is 12.6. The van der Waals surface area contributed by atoms with E-state index in [2.05, 4.69) is 54.7 Å². The van der Waals surface area contributed by atoms with Gasteiger partial charge in [-0.3, -0.25) is 0 Å². The lowest BCUT2D eigenvalue weighted by Crippen LogP contribution is -2.40. The van der Waals surface area contributed by atoms with E-state index in [-0.39, 0.29) is 12.1 Å². The predicted molar refractivity (Wildman–Crippen MR) is 107 cm³/mol. The van der Waals surface area contributed by atoms with E-state index in [0.717, 1.165) is 38.9 Å². The second-order valence-corrected chi connectivity index (χ2v) is 7.92. The molecule has 1 fully saturated rings. The molecular weight excluding hydrogens is 322 g/mol. The predicted octanol–water partition coefficient (Wildman–Crippen LogP) is 4.49. The number of urea groups is 1. The van der Waals surface area contributed by atoms with Crippen molar-refractivity contribution < 1.29 is 4.79 Å². The van der Waals surface area contributed by atoms with E-state index in [1.54, 1.807) is 0 Å². The van der Waals surface area contributed by atoms with Crippen LogP contribution in [0.2, 0.25) is 0 Å². The van der Waals surface area contributed by atoms with Gasteiger partial charge in [-0.25, -0.2) is 4.79 Å². The van der Waals surface area contributed by atoms with Crippen molar-refractivity contribution in [1.29, 1.82) is 0 Å². The summed E-state index contributed by atoms with van der Waals surface area (Å²) in [5, 5.41) is 3.15. The number of hydrogen-bond acceptors (Lipinski definition) is 2. The first-order valence-electron chi connectivity index (χ1n) is 10.1. The van der Waals surface area contributed by atoms with Crippen molar-refractivity contribution in [3.05, 3.63) is 47.0 Å². The number of hydrogen-bond donors (Lipinski definition) is 1. The Balaban J connectivity index is 1.53. The van der Waals surface area contributed by atoms with Gasteiger partial charge in [-0.05, 0) is 70.2 Å². The first kappa shape index (κ1) is 19.0. The van der Waals surface area contributed by atoms with E-state index in [4.69, 9.17) is 0 Å². The van der Waals surface area contributed by atoms with Crippen LogP contribution in [-0.2, 0) is 6.54 Å². The van der Waals surface area contributed by atoms with Gasteiger partial charge in [0.15, 0.2) is 0 Å². The molecule has 26 heavy (non-hydrogen) atoms. The van der Waals surface area contributed by atoms with E-state index >= 15 is 0 Å². The number of nitrogens with zero attached hydrogens (tertiary/aromatic N) is 2. The van der Waals surface area contributed by atoms with Gasteiger partial charge in [0.1, 0.15) is 0 Å². The van der Waals surface area contributed by atoms with Gasteiger partial charge in [0.2, 0.25) is 0 Å². The maximum atomic E-state index is 12.7. The van der Waals surface area contributed by atoms with Crippen LogP contribution in [0, 0.1) is 0 Å². The summed E-state index contributed by atoms with van der Waals surface area (Å²) in [6.07, 6.45) is 10.6. The number of rotatable bonds is 6. The number of amides is 2. The van der Waals surface area contributed by atoms with Crippen LogP contribution in [-0.4, -0.2) is 43.0 Å². The molecule has 1 aliphatic carbocycles. The topological polar surface area (TPSA) is 35.6 Å². The van der Waals surface area contributed by atoms with Gasteiger partial charge in [-0.1, -0.05) is 35.9 Å². The molecule has 1 aliphatic heterocycles. The summed E-state index contributed by atoms with van der Waals surface area (Å²) in [6, 6.07) is 9.10. The van der Waals surface area contributed by atoms with Gasteiger partial charge in [0.05, 0.1) is 6.04 Å². The number of nitrogens with one attached hydrogen (secondary N) is 1. The van der Waals surface area contributed by atoms with Gasteiger partial charge < -0.3 is 15.1 Å². The van der Waals surface area contributed by atoms with Gasteiger partial charge in [0, 0.05) is 19.6 Å². The van der Waals surface area contributed by atoms with Crippen LogP contribution < -0.4 is 5.32 Å². The molecule has 2 aliphatic rings. The average Bonchev–Trinajstić information content (AvgIpc) is 3.12. The molecule has 1 unspecified atom stereocenters. The molecule has 1 N–H and O–H groups in total. The van der Waals surface area contributed by atoms with Crippen LogP contribution in [0.4, 0.5) is 4.79 Å². The third kappa shape index (κ3) is 5.10. The Morgan fingerprint density at radius 1 is 1.19 bits per heavy atom. The normalized spacial score (nSPS) is 20.3. The minimum absolute atomic E-state index is 0.0984. The van der Waals surface area contributed by atoms with Crippen LogP contribution >= 0.6 is 0 Å². The smallest absolute Gasteiger partial charge is 0.317 e. The average molecular weight is 356 g/mol. The van der Waals surface area contributed by atoms with E-state index in [1.807, 2.05) is 4.90 Å². The molecule has 1 heterocycles. The summed E-state index contributed by atoms with van der Waals surface area (Å²) in [7, 11) is 4.17. The molecule has 4 heteroatoms. The maximum absolute atomic E-state index is 12.7. The largest absolute Gasteiger partial charge is 0.338 e. The standard InChI is InChI=1S/C22H33N3O/c1-24(2)17-19-10-12-20(13-11-19)21-9-6-16-25(21)22(26)23-15-14-18-7-4-3-5-8-18/h7,10-13,21H,3-6,8-9,14-17H2,1-2H3,(H,23,26). The van der Waals surface area contributed by atoms with Crippen molar-refractivity contribution >= 4 is 6.03 Å². The molecule has 142 valence electrons. The Labute approximate surface area is 158 Å². The van der Waals surface area contributed by atoms with Crippen LogP contribution in [0.3, 0.4) is 0 Å². The van der Waals surface area contributed by atoms with Crippen LogP contribution in [0.1, 0.15) is 62.1 Å². The molecular formula is C22H33N3O. The summed E-state index contributed by atoms with van der Waals surface area (Å²) in [5.74, 6) is 0. The van der Waals surface area contributed by atoms with Crippen molar-refractivity contribution in [1.82, 2.24) is 15.1 Å². The van der Waals surface area contributed by atoms with Crippen molar-refractivity contribution in [2.75, 3.05) is 27.2 Å². The zero-order chi connectivity index (χ0) is 18.4. The minimum Gasteiger partial charge on any atom is -0.338 e. The lowest BCUT2D eigenvalue weighted by molar-refractivity contribution is 0.193. The maximum Gasteiger partial charge on any atom is 0.317 e. The Kier molecular flexibility index (Phi) is 6.73. The second-order valence-electron chi connectivity index (χ2n) is 7.92. The van der Waals surface area contributed by atoms with E-state index in [9.17, 15) is 4.79 Å². The number of likely N-dealkylation sites (tertiary alicyclic amines) is 1. The van der Waals surface area contributed by atoms with Crippen molar-refractivity contribution in [2.24, 2.45) is 0 Å². The fourth-order valence-corrected chi connectivity index (χ4v) is 4.13. The molecule has 0 aromatic heterocycles. The summed E-state index contributed by atoms with van der Waals surface area (Å²) < 4.78 is 0. The lowest BCUT2D eigenvalue weighted by atomic mass is 9.97. The summed E-state index contributed by atoms with van der Waals surface area (Å²) in [5.41, 5.74) is 4.09. The van der Waals surface area contributed by atoms with Gasteiger partial charge >= 0.3 is 6.03 Å².